The first-order chi connectivity index (χ1) is 12.1. The number of hydrogen-bond acceptors (Lipinski definition) is 5. The fourth-order valence-electron chi connectivity index (χ4n) is 4.40. The Morgan fingerprint density at radius 1 is 1.36 bits per heavy atom. The minimum atomic E-state index is 0.181. The molecule has 0 saturated carbocycles. The molecule has 0 aliphatic carbocycles. The molecule has 25 heavy (non-hydrogen) atoms. The van der Waals surface area contributed by atoms with Crippen molar-refractivity contribution in [2.75, 3.05) is 47.0 Å². The molecule has 2 aliphatic heterocycles. The van der Waals surface area contributed by atoms with Gasteiger partial charge in [-0.05, 0) is 37.4 Å². The number of carbonyl (C=O) groups excluding carboxylic acids is 1. The maximum absolute atomic E-state index is 11.9. The van der Waals surface area contributed by atoms with Crippen molar-refractivity contribution in [2.24, 2.45) is 11.3 Å². The third-order valence-corrected chi connectivity index (χ3v) is 5.91. The summed E-state index contributed by atoms with van der Waals surface area (Å²) in [6.45, 7) is 7.04. The van der Waals surface area contributed by atoms with Crippen LogP contribution in [0.5, 0.6) is 5.88 Å². The fourth-order valence-corrected chi connectivity index (χ4v) is 4.40. The second-order valence-electron chi connectivity index (χ2n) is 7.36. The van der Waals surface area contributed by atoms with Gasteiger partial charge in [0.25, 0.3) is 0 Å². The van der Waals surface area contributed by atoms with Gasteiger partial charge in [0.05, 0.1) is 13.7 Å². The summed E-state index contributed by atoms with van der Waals surface area (Å²) < 4.78 is 10.8. The second-order valence-corrected chi connectivity index (χ2v) is 7.36. The molecule has 2 aliphatic rings. The summed E-state index contributed by atoms with van der Waals surface area (Å²) in [5, 5.41) is 0. The molecule has 1 spiro atoms. The molecule has 3 rings (SSSR count). The van der Waals surface area contributed by atoms with E-state index < -0.39 is 0 Å². The zero-order valence-corrected chi connectivity index (χ0v) is 15.5. The number of methoxy groups -OCH3 is 2. The molecule has 0 bridgehead atoms. The molecule has 1 amide bonds. The smallest absolute Gasteiger partial charge is 0.219 e. The third kappa shape index (κ3) is 3.80. The summed E-state index contributed by atoms with van der Waals surface area (Å²) in [6.07, 6.45) is 3.97. The van der Waals surface area contributed by atoms with E-state index in [0.717, 1.165) is 57.7 Å². The zero-order chi connectivity index (χ0) is 17.9. The number of aromatic nitrogens is 1. The van der Waals surface area contributed by atoms with Gasteiger partial charge in [-0.3, -0.25) is 9.69 Å². The second kappa shape index (κ2) is 7.70. The summed E-state index contributed by atoms with van der Waals surface area (Å²) in [5.41, 5.74) is 1.34. The Bertz CT molecular complexity index is 599. The average molecular weight is 347 g/mol. The molecule has 2 saturated heterocycles. The van der Waals surface area contributed by atoms with Crippen LogP contribution in [0.15, 0.2) is 18.3 Å². The van der Waals surface area contributed by atoms with Crippen LogP contribution in [0, 0.1) is 11.3 Å². The van der Waals surface area contributed by atoms with Crippen LogP contribution in [0.25, 0.3) is 0 Å². The Hall–Kier alpha value is -1.66. The molecule has 3 heterocycles. The van der Waals surface area contributed by atoms with Crippen molar-refractivity contribution >= 4 is 5.91 Å². The first kappa shape index (κ1) is 18.1. The van der Waals surface area contributed by atoms with E-state index in [-0.39, 0.29) is 11.3 Å². The Morgan fingerprint density at radius 2 is 2.12 bits per heavy atom. The largest absolute Gasteiger partial charge is 0.481 e. The van der Waals surface area contributed by atoms with Crippen molar-refractivity contribution < 1.29 is 14.3 Å². The summed E-state index contributed by atoms with van der Waals surface area (Å²) in [5.74, 6) is 1.33. The number of amides is 1. The van der Waals surface area contributed by atoms with E-state index >= 15 is 0 Å². The Kier molecular flexibility index (Phi) is 5.59. The molecule has 0 aromatic carbocycles. The summed E-state index contributed by atoms with van der Waals surface area (Å²) in [6, 6.07) is 4.04. The van der Waals surface area contributed by atoms with Crippen LogP contribution in [0.3, 0.4) is 0 Å². The Labute approximate surface area is 150 Å². The summed E-state index contributed by atoms with van der Waals surface area (Å²) in [7, 11) is 3.43. The lowest BCUT2D eigenvalue weighted by molar-refractivity contribution is -0.128. The highest BCUT2D eigenvalue weighted by molar-refractivity contribution is 5.73. The predicted octanol–water partition coefficient (Wildman–Crippen LogP) is 1.80. The van der Waals surface area contributed by atoms with Crippen molar-refractivity contribution in [3.05, 3.63) is 23.9 Å². The molecule has 6 heteroatoms. The van der Waals surface area contributed by atoms with Gasteiger partial charge in [-0.2, -0.15) is 0 Å². The minimum absolute atomic E-state index is 0.181. The highest BCUT2D eigenvalue weighted by Crippen LogP contribution is 2.45. The van der Waals surface area contributed by atoms with E-state index in [1.807, 2.05) is 11.0 Å². The van der Waals surface area contributed by atoms with Gasteiger partial charge in [-0.25, -0.2) is 4.98 Å². The van der Waals surface area contributed by atoms with Gasteiger partial charge < -0.3 is 14.4 Å². The highest BCUT2D eigenvalue weighted by Gasteiger charge is 2.48. The van der Waals surface area contributed by atoms with Crippen molar-refractivity contribution in [3.8, 4) is 5.88 Å². The van der Waals surface area contributed by atoms with Crippen molar-refractivity contribution in [2.45, 2.75) is 26.3 Å². The van der Waals surface area contributed by atoms with E-state index in [1.165, 1.54) is 0 Å². The normalized spacial score (nSPS) is 23.2. The summed E-state index contributed by atoms with van der Waals surface area (Å²) >= 11 is 0. The Balaban J connectivity index is 1.64. The van der Waals surface area contributed by atoms with E-state index in [0.29, 0.717) is 11.8 Å². The zero-order valence-electron chi connectivity index (χ0n) is 15.5. The number of pyridine rings is 1. The molecule has 6 nitrogen and oxygen atoms in total. The van der Waals surface area contributed by atoms with Crippen LogP contribution in [0.2, 0.25) is 0 Å². The molecule has 1 aromatic rings. The standard InChI is InChI=1S/C19H29N3O3/c1-15(23)22-12-17(13-24-2)19(14-22)6-9-21(10-7-19)11-16-5-4-8-20-18(16)25-3/h4-5,8,17H,6-7,9-14H2,1-3H3/t17-/m1/s1. The topological polar surface area (TPSA) is 54.9 Å². The van der Waals surface area contributed by atoms with Crippen LogP contribution < -0.4 is 4.74 Å². The van der Waals surface area contributed by atoms with Crippen LogP contribution in [-0.4, -0.2) is 67.7 Å². The van der Waals surface area contributed by atoms with Crippen molar-refractivity contribution in [3.63, 3.8) is 0 Å². The summed E-state index contributed by atoms with van der Waals surface area (Å²) in [4.78, 5) is 20.6. The van der Waals surface area contributed by atoms with E-state index in [9.17, 15) is 4.79 Å². The van der Waals surface area contributed by atoms with Gasteiger partial charge in [0.1, 0.15) is 0 Å². The third-order valence-electron chi connectivity index (χ3n) is 5.91. The molecule has 1 aromatic heterocycles. The van der Waals surface area contributed by atoms with E-state index in [4.69, 9.17) is 9.47 Å². The minimum Gasteiger partial charge on any atom is -0.481 e. The van der Waals surface area contributed by atoms with Gasteiger partial charge in [0.2, 0.25) is 11.8 Å². The lowest BCUT2D eigenvalue weighted by atomic mass is 9.71. The molecule has 0 N–H and O–H groups in total. The SMILES string of the molecule is COC[C@H]1CN(C(C)=O)CC12CCN(Cc1cccnc1OC)CC2. The number of carbonyl (C=O) groups is 1. The molecule has 0 unspecified atom stereocenters. The molecule has 2 fully saturated rings. The highest BCUT2D eigenvalue weighted by atomic mass is 16.5. The maximum Gasteiger partial charge on any atom is 0.219 e. The van der Waals surface area contributed by atoms with Gasteiger partial charge in [0.15, 0.2) is 0 Å². The molecular formula is C19H29N3O3. The lowest BCUT2D eigenvalue weighted by Gasteiger charge is -2.42. The number of nitrogens with zero attached hydrogens (tertiary/aromatic N) is 3. The maximum atomic E-state index is 11.9. The first-order valence-corrected chi connectivity index (χ1v) is 9.02. The molecular weight excluding hydrogens is 318 g/mol. The number of rotatable bonds is 5. The molecule has 138 valence electrons. The number of piperidine rings is 1. The van der Waals surface area contributed by atoms with Crippen molar-refractivity contribution in [1.82, 2.24) is 14.8 Å². The average Bonchev–Trinajstić information content (AvgIpc) is 2.96. The van der Waals surface area contributed by atoms with Gasteiger partial charge in [0, 0.05) is 51.3 Å². The van der Waals surface area contributed by atoms with Crippen LogP contribution in [-0.2, 0) is 16.1 Å². The quantitative estimate of drug-likeness (QED) is 0.813. The number of hydrogen-bond donors (Lipinski definition) is 0. The van der Waals surface area contributed by atoms with Gasteiger partial charge in [-0.1, -0.05) is 6.07 Å². The predicted molar refractivity (Wildman–Crippen MR) is 95.4 cm³/mol. The molecule has 1 atom stereocenters. The number of ether oxygens (including phenoxy) is 2. The fraction of sp³-hybridized carbons (Fsp3) is 0.684. The van der Waals surface area contributed by atoms with Gasteiger partial charge in [-0.15, -0.1) is 0 Å². The van der Waals surface area contributed by atoms with Gasteiger partial charge >= 0.3 is 0 Å². The van der Waals surface area contributed by atoms with E-state index in [1.54, 1.807) is 27.3 Å². The lowest BCUT2D eigenvalue weighted by Crippen LogP contribution is -2.45. The van der Waals surface area contributed by atoms with E-state index in [2.05, 4.69) is 16.0 Å². The van der Waals surface area contributed by atoms with Crippen LogP contribution in [0.4, 0.5) is 0 Å². The van der Waals surface area contributed by atoms with Crippen molar-refractivity contribution in [1.29, 1.82) is 0 Å². The Morgan fingerprint density at radius 3 is 2.76 bits per heavy atom. The molecule has 0 radical (unpaired) electrons. The number of likely N-dealkylation sites (tertiary alicyclic amines) is 2. The van der Waals surface area contributed by atoms with Crippen LogP contribution >= 0.6 is 0 Å². The first-order valence-electron chi connectivity index (χ1n) is 9.02. The van der Waals surface area contributed by atoms with Crippen LogP contribution in [0.1, 0.15) is 25.3 Å². The monoisotopic (exact) mass is 347 g/mol.